The Bertz CT molecular complexity index is 537. The van der Waals surface area contributed by atoms with Crippen LogP contribution in [0.2, 0.25) is 0 Å². The fourth-order valence-corrected chi connectivity index (χ4v) is 2.36. The number of nitrogens with zero attached hydrogens (tertiary/aromatic N) is 2. The summed E-state index contributed by atoms with van der Waals surface area (Å²) in [5.41, 5.74) is -0.413. The van der Waals surface area contributed by atoms with E-state index in [4.69, 9.17) is 9.47 Å². The Morgan fingerprint density at radius 2 is 2.00 bits per heavy atom. The smallest absolute Gasteiger partial charge is 0.182 e. The number of benzene rings is 1. The lowest BCUT2D eigenvalue weighted by Crippen LogP contribution is -2.27. The van der Waals surface area contributed by atoms with Crippen molar-refractivity contribution in [3.8, 4) is 17.9 Å². The molecular weight excluding hydrogens is 240 g/mol. The van der Waals surface area contributed by atoms with Crippen LogP contribution in [0.5, 0.6) is 5.75 Å². The molecule has 2 atom stereocenters. The summed E-state index contributed by atoms with van der Waals surface area (Å²) in [5.74, 6) is 0.441. The van der Waals surface area contributed by atoms with E-state index in [2.05, 4.69) is 18.7 Å². The van der Waals surface area contributed by atoms with Crippen LogP contribution < -0.4 is 4.74 Å². The van der Waals surface area contributed by atoms with E-state index in [9.17, 15) is 10.5 Å². The minimum absolute atomic E-state index is 0.283. The first kappa shape index (κ1) is 13.1. The largest absolute Gasteiger partial charge is 0.497 e. The van der Waals surface area contributed by atoms with E-state index in [0.717, 1.165) is 11.3 Å². The van der Waals surface area contributed by atoms with E-state index < -0.39 is 11.5 Å². The molecule has 2 rings (SSSR count). The van der Waals surface area contributed by atoms with Crippen molar-refractivity contribution in [2.45, 2.75) is 6.10 Å². The van der Waals surface area contributed by atoms with Crippen molar-refractivity contribution < 1.29 is 9.47 Å². The van der Waals surface area contributed by atoms with Crippen LogP contribution in [-0.4, -0.2) is 13.7 Å². The Labute approximate surface area is 112 Å². The molecule has 0 unspecified atom stereocenters. The zero-order valence-corrected chi connectivity index (χ0v) is 10.7. The molecule has 1 heterocycles. The summed E-state index contributed by atoms with van der Waals surface area (Å²) in [7, 11) is 1.59. The highest BCUT2D eigenvalue weighted by Gasteiger charge is 2.52. The monoisotopic (exact) mass is 254 g/mol. The molecule has 1 saturated heterocycles. The molecule has 1 fully saturated rings. The van der Waals surface area contributed by atoms with Crippen molar-refractivity contribution in [1.29, 1.82) is 10.5 Å². The van der Waals surface area contributed by atoms with Gasteiger partial charge in [0.05, 0.1) is 25.9 Å². The summed E-state index contributed by atoms with van der Waals surface area (Å²) in [4.78, 5) is 0. The van der Waals surface area contributed by atoms with E-state index >= 15 is 0 Å². The number of nitriles is 2. The lowest BCUT2D eigenvalue weighted by atomic mass is 9.74. The molecule has 96 valence electrons. The zero-order chi connectivity index (χ0) is 13.9. The summed E-state index contributed by atoms with van der Waals surface area (Å²) in [6.07, 6.45) is 1.06. The molecule has 0 spiro atoms. The molecule has 0 radical (unpaired) electrons. The highest BCUT2D eigenvalue weighted by molar-refractivity contribution is 5.36. The van der Waals surface area contributed by atoms with E-state index in [0.29, 0.717) is 6.61 Å². The minimum atomic E-state index is -1.21. The second kappa shape index (κ2) is 5.14. The van der Waals surface area contributed by atoms with Crippen LogP contribution in [0.15, 0.2) is 36.9 Å². The fraction of sp³-hybridized carbons (Fsp3) is 0.333. The van der Waals surface area contributed by atoms with Gasteiger partial charge in [0.1, 0.15) is 11.9 Å². The minimum Gasteiger partial charge on any atom is -0.497 e. The Kier molecular flexibility index (Phi) is 3.55. The first-order valence-electron chi connectivity index (χ1n) is 5.92. The van der Waals surface area contributed by atoms with Gasteiger partial charge in [-0.2, -0.15) is 10.5 Å². The Hall–Kier alpha value is -2.30. The third-order valence-corrected chi connectivity index (χ3v) is 3.51. The molecule has 4 heteroatoms. The van der Waals surface area contributed by atoms with Crippen LogP contribution in [0.4, 0.5) is 0 Å². The molecule has 0 N–H and O–H groups in total. The van der Waals surface area contributed by atoms with E-state index in [1.165, 1.54) is 0 Å². The van der Waals surface area contributed by atoms with Gasteiger partial charge in [-0.15, -0.1) is 6.58 Å². The fourth-order valence-electron chi connectivity index (χ4n) is 2.36. The summed E-state index contributed by atoms with van der Waals surface area (Å²) in [5, 5.41) is 18.9. The van der Waals surface area contributed by atoms with Gasteiger partial charge in [0.25, 0.3) is 0 Å². The average molecular weight is 254 g/mol. The van der Waals surface area contributed by atoms with Crippen LogP contribution >= 0.6 is 0 Å². The maximum Gasteiger partial charge on any atom is 0.182 e. The standard InChI is InChI=1S/C15H14N2O2/c1-3-12-8-19-14(15(12,9-16)10-17)11-4-6-13(18-2)7-5-11/h3-7,12,14H,1,8H2,2H3/t12-,14-/m0/s1. The van der Waals surface area contributed by atoms with Gasteiger partial charge in [-0.1, -0.05) is 18.2 Å². The lowest BCUT2D eigenvalue weighted by molar-refractivity contribution is 0.0863. The molecule has 1 aromatic carbocycles. The summed E-state index contributed by atoms with van der Waals surface area (Å²) in [6.45, 7) is 4.02. The van der Waals surface area contributed by atoms with Gasteiger partial charge in [-0.3, -0.25) is 0 Å². The molecule has 1 aromatic rings. The molecular formula is C15H14N2O2. The molecule has 0 bridgehead atoms. The third-order valence-electron chi connectivity index (χ3n) is 3.51. The van der Waals surface area contributed by atoms with Gasteiger partial charge in [0.2, 0.25) is 0 Å². The molecule has 4 nitrogen and oxygen atoms in total. The van der Waals surface area contributed by atoms with Gasteiger partial charge >= 0.3 is 0 Å². The average Bonchev–Trinajstić information content (AvgIpc) is 2.86. The van der Waals surface area contributed by atoms with Crippen molar-refractivity contribution in [2.24, 2.45) is 11.3 Å². The van der Waals surface area contributed by atoms with Crippen LogP contribution in [0.3, 0.4) is 0 Å². The summed E-state index contributed by atoms with van der Waals surface area (Å²) < 4.78 is 10.7. The predicted molar refractivity (Wildman–Crippen MR) is 69.0 cm³/mol. The first-order valence-corrected chi connectivity index (χ1v) is 5.92. The third kappa shape index (κ3) is 1.97. The predicted octanol–water partition coefficient (Wildman–Crippen LogP) is 2.60. The maximum atomic E-state index is 9.43. The zero-order valence-electron chi connectivity index (χ0n) is 10.7. The molecule has 0 amide bonds. The molecule has 0 aliphatic carbocycles. The molecule has 1 aliphatic rings. The molecule has 1 aliphatic heterocycles. The van der Waals surface area contributed by atoms with E-state index in [-0.39, 0.29) is 5.92 Å². The van der Waals surface area contributed by atoms with Crippen molar-refractivity contribution in [1.82, 2.24) is 0 Å². The van der Waals surface area contributed by atoms with Gasteiger partial charge < -0.3 is 9.47 Å². The molecule has 19 heavy (non-hydrogen) atoms. The van der Waals surface area contributed by atoms with Gasteiger partial charge in [-0.05, 0) is 17.7 Å². The van der Waals surface area contributed by atoms with Crippen molar-refractivity contribution in [3.63, 3.8) is 0 Å². The highest BCUT2D eigenvalue weighted by Crippen LogP contribution is 2.48. The lowest BCUT2D eigenvalue weighted by Gasteiger charge is -2.23. The number of rotatable bonds is 3. The summed E-state index contributed by atoms with van der Waals surface area (Å²) >= 11 is 0. The Morgan fingerprint density at radius 1 is 1.37 bits per heavy atom. The Balaban J connectivity index is 2.41. The van der Waals surface area contributed by atoms with E-state index in [1.54, 1.807) is 25.3 Å². The summed E-state index contributed by atoms with van der Waals surface area (Å²) in [6, 6.07) is 11.5. The first-order chi connectivity index (χ1) is 9.21. The SMILES string of the molecule is C=C[C@H]1CO[C@@H](c2ccc(OC)cc2)C1(C#N)C#N. The molecule has 0 aromatic heterocycles. The van der Waals surface area contributed by atoms with Crippen molar-refractivity contribution in [3.05, 3.63) is 42.5 Å². The second-order valence-corrected chi connectivity index (χ2v) is 4.42. The number of hydrogen-bond acceptors (Lipinski definition) is 4. The Morgan fingerprint density at radius 3 is 2.47 bits per heavy atom. The van der Waals surface area contributed by atoms with Gasteiger partial charge in [0.15, 0.2) is 5.41 Å². The maximum absolute atomic E-state index is 9.43. The topological polar surface area (TPSA) is 66.0 Å². The van der Waals surface area contributed by atoms with Crippen LogP contribution in [-0.2, 0) is 4.74 Å². The second-order valence-electron chi connectivity index (χ2n) is 4.42. The van der Waals surface area contributed by atoms with Crippen LogP contribution in [0.25, 0.3) is 0 Å². The van der Waals surface area contributed by atoms with Gasteiger partial charge in [0, 0.05) is 5.92 Å². The number of methoxy groups -OCH3 is 1. The van der Waals surface area contributed by atoms with Crippen molar-refractivity contribution in [2.75, 3.05) is 13.7 Å². The van der Waals surface area contributed by atoms with Crippen LogP contribution in [0.1, 0.15) is 11.7 Å². The van der Waals surface area contributed by atoms with Crippen molar-refractivity contribution >= 4 is 0 Å². The quantitative estimate of drug-likeness (QED) is 0.777. The normalized spacial score (nSPS) is 24.2. The number of hydrogen-bond donors (Lipinski definition) is 0. The van der Waals surface area contributed by atoms with Gasteiger partial charge in [-0.25, -0.2) is 0 Å². The van der Waals surface area contributed by atoms with E-state index in [1.807, 2.05) is 12.1 Å². The number of ether oxygens (including phenoxy) is 2. The highest BCUT2D eigenvalue weighted by atomic mass is 16.5. The molecule has 0 saturated carbocycles. The van der Waals surface area contributed by atoms with Crippen LogP contribution in [0, 0.1) is 34.0 Å².